The molecule has 0 aliphatic carbocycles. The molecule has 13 nitrogen and oxygen atoms in total. The third-order valence-electron chi connectivity index (χ3n) is 6.61. The Morgan fingerprint density at radius 1 is 1.24 bits per heavy atom. The fourth-order valence-electron chi connectivity index (χ4n) is 4.45. The number of rotatable bonds is 13. The third-order valence-corrected chi connectivity index (χ3v) is 6.61. The lowest BCUT2D eigenvalue weighted by Gasteiger charge is -2.28. The van der Waals surface area contributed by atoms with E-state index < -0.39 is 5.91 Å². The molecule has 4 rings (SSSR count). The molecule has 1 aliphatic heterocycles. The molecule has 0 unspecified atom stereocenters. The zero-order chi connectivity index (χ0) is 29.2. The number of aliphatic imine (C=N–C) groups is 2. The molecule has 0 atom stereocenters. The minimum Gasteiger partial charge on any atom is -0.497 e. The summed E-state index contributed by atoms with van der Waals surface area (Å²) in [6.45, 7) is 9.72. The number of hydrogen-bond donors (Lipinski definition) is 2. The number of carbonyl (C=O) groups excluding carboxylic acids is 1. The van der Waals surface area contributed by atoms with E-state index in [0.29, 0.717) is 25.6 Å². The molecule has 41 heavy (non-hydrogen) atoms. The van der Waals surface area contributed by atoms with Crippen LogP contribution in [0.5, 0.6) is 5.75 Å². The van der Waals surface area contributed by atoms with E-state index in [4.69, 9.17) is 29.6 Å². The summed E-state index contributed by atoms with van der Waals surface area (Å²) < 4.78 is 13.1. The van der Waals surface area contributed by atoms with Gasteiger partial charge in [-0.1, -0.05) is 13.3 Å². The predicted molar refractivity (Wildman–Crippen MR) is 158 cm³/mol. The van der Waals surface area contributed by atoms with Gasteiger partial charge in [0.05, 0.1) is 39.1 Å². The van der Waals surface area contributed by atoms with Crippen molar-refractivity contribution in [1.29, 1.82) is 0 Å². The Labute approximate surface area is 239 Å². The number of morpholine rings is 1. The SMILES string of the molecule is C=N/C=C(\C=N/CN(C)Cc1nc2c(N3CCOCC3)nc(-c3ccc(OC)cc3)nc2n1CCCC)C(=O)NO. The maximum atomic E-state index is 11.8. The summed E-state index contributed by atoms with van der Waals surface area (Å²) in [5.74, 6) is 2.32. The third kappa shape index (κ3) is 7.31. The standard InChI is InChI=1S/C28H37N9O4/c1-5-6-11-37-23(18-35(3)19-30-17-21(16-29-2)28(38)34-39)31-24-26(36-12-14-41-15-13-36)32-25(33-27(24)37)20-7-9-22(40-4)10-8-20/h7-10,16-17,39H,2,5-6,11-15,18-19H2,1,3-4H3,(H,34,38)/b21-16+,30-17-. The first-order valence-electron chi connectivity index (χ1n) is 13.5. The molecule has 0 bridgehead atoms. The zero-order valence-electron chi connectivity index (χ0n) is 23.8. The highest BCUT2D eigenvalue weighted by Crippen LogP contribution is 2.30. The van der Waals surface area contributed by atoms with Gasteiger partial charge in [-0.15, -0.1) is 0 Å². The van der Waals surface area contributed by atoms with Crippen LogP contribution in [0.15, 0.2) is 46.0 Å². The fraction of sp³-hybridized carbons (Fsp3) is 0.429. The highest BCUT2D eigenvalue weighted by Gasteiger charge is 2.24. The van der Waals surface area contributed by atoms with Crippen LogP contribution >= 0.6 is 0 Å². The molecule has 0 radical (unpaired) electrons. The van der Waals surface area contributed by atoms with E-state index in [1.165, 1.54) is 12.4 Å². The predicted octanol–water partition coefficient (Wildman–Crippen LogP) is 2.69. The summed E-state index contributed by atoms with van der Waals surface area (Å²) in [5, 5.41) is 8.93. The number of aromatic nitrogens is 4. The number of amides is 1. The van der Waals surface area contributed by atoms with Gasteiger partial charge in [0.25, 0.3) is 5.91 Å². The van der Waals surface area contributed by atoms with Crippen molar-refractivity contribution in [2.45, 2.75) is 32.9 Å². The number of benzene rings is 1. The number of hydrogen-bond acceptors (Lipinski definition) is 11. The normalized spacial score (nSPS) is 14.3. The fourth-order valence-corrected chi connectivity index (χ4v) is 4.45. The largest absolute Gasteiger partial charge is 0.497 e. The van der Waals surface area contributed by atoms with Gasteiger partial charge in [-0.2, -0.15) is 0 Å². The van der Waals surface area contributed by atoms with Crippen molar-refractivity contribution in [3.8, 4) is 17.1 Å². The number of anilines is 1. The second kappa shape index (κ2) is 14.4. The first kappa shape index (κ1) is 29.8. The van der Waals surface area contributed by atoms with Gasteiger partial charge in [0, 0.05) is 37.6 Å². The molecule has 2 N–H and O–H groups in total. The van der Waals surface area contributed by atoms with Gasteiger partial charge in [0.15, 0.2) is 22.8 Å². The van der Waals surface area contributed by atoms with Crippen molar-refractivity contribution >= 4 is 35.8 Å². The minimum atomic E-state index is -0.716. The molecule has 3 heterocycles. The molecule has 1 aliphatic rings. The minimum absolute atomic E-state index is 0.0857. The second-order valence-corrected chi connectivity index (χ2v) is 9.58. The number of carbonyl (C=O) groups is 1. The van der Waals surface area contributed by atoms with E-state index in [-0.39, 0.29) is 12.2 Å². The van der Waals surface area contributed by atoms with Crippen molar-refractivity contribution in [3.63, 3.8) is 0 Å². The van der Waals surface area contributed by atoms with Crippen LogP contribution in [-0.2, 0) is 22.6 Å². The Hall–Kier alpha value is -4.20. The molecule has 3 aromatic rings. The maximum Gasteiger partial charge on any atom is 0.277 e. The molecule has 1 aromatic carbocycles. The molecule has 2 aromatic heterocycles. The quantitative estimate of drug-likeness (QED) is 0.139. The number of fused-ring (bicyclic) bond motifs is 1. The summed E-state index contributed by atoms with van der Waals surface area (Å²) in [4.78, 5) is 39.0. The summed E-state index contributed by atoms with van der Waals surface area (Å²) in [7, 11) is 3.56. The molecule has 1 amide bonds. The zero-order valence-corrected chi connectivity index (χ0v) is 23.8. The Kier molecular flexibility index (Phi) is 10.5. The Bertz CT molecular complexity index is 1400. The number of hydroxylamine groups is 1. The Morgan fingerprint density at radius 3 is 2.66 bits per heavy atom. The summed E-state index contributed by atoms with van der Waals surface area (Å²) >= 11 is 0. The first-order valence-corrected chi connectivity index (χ1v) is 13.5. The monoisotopic (exact) mass is 563 g/mol. The number of methoxy groups -OCH3 is 1. The van der Waals surface area contributed by atoms with Crippen LogP contribution in [0.25, 0.3) is 22.6 Å². The lowest BCUT2D eigenvalue weighted by molar-refractivity contribution is -0.124. The topological polar surface area (TPSA) is 143 Å². The van der Waals surface area contributed by atoms with Gasteiger partial charge < -0.3 is 18.9 Å². The molecule has 1 fully saturated rings. The van der Waals surface area contributed by atoms with E-state index in [0.717, 1.165) is 66.6 Å². The lowest BCUT2D eigenvalue weighted by atomic mass is 10.2. The highest BCUT2D eigenvalue weighted by atomic mass is 16.5. The number of aryl methyl sites for hydroxylation is 1. The number of imidazole rings is 1. The van der Waals surface area contributed by atoms with Gasteiger partial charge in [0.2, 0.25) is 0 Å². The van der Waals surface area contributed by atoms with E-state index in [1.807, 2.05) is 36.2 Å². The summed E-state index contributed by atoms with van der Waals surface area (Å²) in [6, 6.07) is 7.74. The van der Waals surface area contributed by atoms with E-state index in [9.17, 15) is 4.79 Å². The van der Waals surface area contributed by atoms with E-state index >= 15 is 0 Å². The number of unbranched alkanes of at least 4 members (excludes halogenated alkanes) is 1. The number of nitrogens with one attached hydrogen (secondary N) is 1. The molecule has 0 spiro atoms. The molecular formula is C28H37N9O4. The van der Waals surface area contributed by atoms with Crippen LogP contribution in [0.2, 0.25) is 0 Å². The van der Waals surface area contributed by atoms with Gasteiger partial charge in [-0.25, -0.2) is 20.4 Å². The van der Waals surface area contributed by atoms with E-state index in [2.05, 4.69) is 33.1 Å². The van der Waals surface area contributed by atoms with Gasteiger partial charge in [-0.05, 0) is 44.5 Å². The molecule has 0 saturated carbocycles. The maximum absolute atomic E-state index is 11.8. The number of nitrogens with zero attached hydrogens (tertiary/aromatic N) is 8. The lowest BCUT2D eigenvalue weighted by Crippen LogP contribution is -2.37. The van der Waals surface area contributed by atoms with Crippen LogP contribution < -0.4 is 15.1 Å². The Balaban J connectivity index is 1.72. The average Bonchev–Trinajstić information content (AvgIpc) is 3.35. The van der Waals surface area contributed by atoms with Crippen molar-refractivity contribution in [2.24, 2.45) is 9.98 Å². The van der Waals surface area contributed by atoms with Gasteiger partial charge >= 0.3 is 0 Å². The van der Waals surface area contributed by atoms with Crippen molar-refractivity contribution in [1.82, 2.24) is 29.9 Å². The van der Waals surface area contributed by atoms with Crippen LogP contribution in [0.1, 0.15) is 25.6 Å². The van der Waals surface area contributed by atoms with Crippen LogP contribution in [0.3, 0.4) is 0 Å². The molecule has 13 heteroatoms. The molecule has 1 saturated heterocycles. The van der Waals surface area contributed by atoms with Crippen LogP contribution in [0.4, 0.5) is 5.82 Å². The van der Waals surface area contributed by atoms with Crippen LogP contribution in [0, 0.1) is 0 Å². The second-order valence-electron chi connectivity index (χ2n) is 9.58. The van der Waals surface area contributed by atoms with Gasteiger partial charge in [-0.3, -0.25) is 24.9 Å². The molecule has 218 valence electrons. The Morgan fingerprint density at radius 2 is 2.00 bits per heavy atom. The van der Waals surface area contributed by atoms with E-state index in [1.54, 1.807) is 12.6 Å². The molecular weight excluding hydrogens is 526 g/mol. The summed E-state index contributed by atoms with van der Waals surface area (Å²) in [5.41, 5.74) is 4.10. The smallest absolute Gasteiger partial charge is 0.277 e. The summed E-state index contributed by atoms with van der Waals surface area (Å²) in [6.07, 6.45) is 4.56. The number of ether oxygens (including phenoxy) is 2. The van der Waals surface area contributed by atoms with Crippen LogP contribution in [-0.4, -0.2) is 95.6 Å². The van der Waals surface area contributed by atoms with Crippen molar-refractivity contribution in [2.75, 3.05) is 52.0 Å². The first-order chi connectivity index (χ1) is 20.0. The van der Waals surface area contributed by atoms with Crippen molar-refractivity contribution < 1.29 is 19.5 Å². The van der Waals surface area contributed by atoms with Crippen molar-refractivity contribution in [3.05, 3.63) is 41.9 Å². The average molecular weight is 564 g/mol. The highest BCUT2D eigenvalue weighted by molar-refractivity contribution is 6.11. The van der Waals surface area contributed by atoms with Gasteiger partial charge in [0.1, 0.15) is 11.6 Å².